The number of carbonyl (C=O) groups is 3. The molecular formula is C27H40N2O6. The molecule has 35 heavy (non-hydrogen) atoms. The van der Waals surface area contributed by atoms with Crippen molar-refractivity contribution in [1.82, 2.24) is 9.80 Å². The summed E-state index contributed by atoms with van der Waals surface area (Å²) >= 11 is 0. The fourth-order valence-electron chi connectivity index (χ4n) is 6.38. The molecule has 1 unspecified atom stereocenters. The fourth-order valence-corrected chi connectivity index (χ4v) is 6.38. The van der Waals surface area contributed by atoms with Crippen molar-refractivity contribution in [3.05, 3.63) is 24.3 Å². The van der Waals surface area contributed by atoms with Crippen LogP contribution in [-0.2, 0) is 23.9 Å². The highest BCUT2D eigenvalue weighted by atomic mass is 16.6. The molecule has 194 valence electrons. The lowest BCUT2D eigenvalue weighted by Crippen LogP contribution is -2.59. The van der Waals surface area contributed by atoms with Gasteiger partial charge in [0.1, 0.15) is 17.6 Å². The molecule has 0 aromatic heterocycles. The molecule has 0 aromatic rings. The number of hydrogen-bond acceptors (Lipinski definition) is 6. The summed E-state index contributed by atoms with van der Waals surface area (Å²) in [7, 11) is 0. The minimum absolute atomic E-state index is 0.186. The maximum atomic E-state index is 14.2. The van der Waals surface area contributed by atoms with Gasteiger partial charge in [-0.3, -0.25) is 14.4 Å². The molecule has 0 aromatic carbocycles. The predicted octanol–water partition coefficient (Wildman–Crippen LogP) is 2.46. The number of rotatable bonds is 7. The van der Waals surface area contributed by atoms with Gasteiger partial charge in [0.05, 0.1) is 30.8 Å². The number of nitrogens with zero attached hydrogens (tertiary/aromatic N) is 2. The van der Waals surface area contributed by atoms with E-state index in [1.165, 1.54) is 0 Å². The number of esters is 1. The molecule has 4 heterocycles. The van der Waals surface area contributed by atoms with Crippen molar-refractivity contribution in [2.75, 3.05) is 26.3 Å². The molecule has 0 aliphatic carbocycles. The van der Waals surface area contributed by atoms with E-state index in [1.54, 1.807) is 9.80 Å². The Hall–Kier alpha value is -2.19. The topological polar surface area (TPSA) is 96.4 Å². The first-order valence-corrected chi connectivity index (χ1v) is 13.1. The van der Waals surface area contributed by atoms with Crippen LogP contribution in [0.3, 0.4) is 0 Å². The summed E-state index contributed by atoms with van der Waals surface area (Å²) in [6.07, 6.45) is 11.4. The van der Waals surface area contributed by atoms with Gasteiger partial charge in [-0.15, -0.1) is 0 Å². The first-order chi connectivity index (χ1) is 16.7. The minimum Gasteiger partial charge on any atom is -0.465 e. The van der Waals surface area contributed by atoms with Crippen molar-refractivity contribution in [2.24, 2.45) is 17.8 Å². The van der Waals surface area contributed by atoms with E-state index in [-0.39, 0.29) is 30.9 Å². The number of cyclic esters (lactones) is 1. The molecule has 1 spiro atoms. The van der Waals surface area contributed by atoms with Gasteiger partial charge in [-0.05, 0) is 38.5 Å². The van der Waals surface area contributed by atoms with Crippen molar-refractivity contribution in [3.63, 3.8) is 0 Å². The fraction of sp³-hybridized carbons (Fsp3) is 0.741. The van der Waals surface area contributed by atoms with E-state index in [0.717, 1.165) is 19.3 Å². The monoisotopic (exact) mass is 488 g/mol. The van der Waals surface area contributed by atoms with E-state index < -0.39 is 41.1 Å². The number of unbranched alkanes of at least 4 members (excludes halogenated alkanes) is 1. The quantitative estimate of drug-likeness (QED) is 0.437. The van der Waals surface area contributed by atoms with Crippen LogP contribution in [0, 0.1) is 17.8 Å². The third kappa shape index (κ3) is 4.33. The predicted molar refractivity (Wildman–Crippen MR) is 130 cm³/mol. The number of carbonyl (C=O) groups excluding carboxylic acids is 3. The highest BCUT2D eigenvalue weighted by molar-refractivity contribution is 5.99. The van der Waals surface area contributed by atoms with Gasteiger partial charge in [0.15, 0.2) is 0 Å². The lowest BCUT2D eigenvalue weighted by Gasteiger charge is -2.40. The molecule has 4 aliphatic heterocycles. The number of allylic oxidation sites excluding steroid dienone is 1. The Morgan fingerprint density at radius 1 is 1.14 bits per heavy atom. The van der Waals surface area contributed by atoms with Crippen LogP contribution in [0.4, 0.5) is 0 Å². The van der Waals surface area contributed by atoms with E-state index in [4.69, 9.17) is 9.47 Å². The van der Waals surface area contributed by atoms with Gasteiger partial charge in [0.2, 0.25) is 11.8 Å². The van der Waals surface area contributed by atoms with Crippen molar-refractivity contribution in [3.8, 4) is 0 Å². The molecule has 2 fully saturated rings. The Kier molecular flexibility index (Phi) is 7.44. The first kappa shape index (κ1) is 25.9. The lowest BCUT2D eigenvalue weighted by atomic mass is 9.74. The molecule has 0 bridgehead atoms. The number of likely N-dealkylation sites (tertiary alicyclic amines) is 1. The van der Waals surface area contributed by atoms with Crippen molar-refractivity contribution >= 4 is 17.8 Å². The van der Waals surface area contributed by atoms with Gasteiger partial charge in [-0.1, -0.05) is 51.5 Å². The van der Waals surface area contributed by atoms with Crippen LogP contribution < -0.4 is 0 Å². The van der Waals surface area contributed by atoms with Gasteiger partial charge < -0.3 is 24.4 Å². The molecule has 2 amide bonds. The van der Waals surface area contributed by atoms with Crippen LogP contribution in [0.1, 0.15) is 59.8 Å². The molecule has 4 rings (SSSR count). The largest absolute Gasteiger partial charge is 0.465 e. The average Bonchev–Trinajstić information content (AvgIpc) is 3.16. The maximum Gasteiger partial charge on any atom is 0.313 e. The summed E-state index contributed by atoms with van der Waals surface area (Å²) in [6.45, 7) is 8.96. The molecule has 0 saturated carbocycles. The zero-order valence-corrected chi connectivity index (χ0v) is 21.4. The van der Waals surface area contributed by atoms with Gasteiger partial charge in [-0.25, -0.2) is 0 Å². The third-order valence-electron chi connectivity index (χ3n) is 7.90. The smallest absolute Gasteiger partial charge is 0.313 e. The van der Waals surface area contributed by atoms with E-state index in [0.29, 0.717) is 25.9 Å². The first-order valence-electron chi connectivity index (χ1n) is 13.1. The summed E-state index contributed by atoms with van der Waals surface area (Å²) in [6, 6.07) is -1.49. The zero-order chi connectivity index (χ0) is 25.4. The number of ether oxygens (including phenoxy) is 2. The van der Waals surface area contributed by atoms with E-state index in [9.17, 15) is 19.5 Å². The highest BCUT2D eigenvalue weighted by Gasteiger charge is 2.75. The van der Waals surface area contributed by atoms with Crippen LogP contribution in [-0.4, -0.2) is 82.3 Å². The highest BCUT2D eigenvalue weighted by Crippen LogP contribution is 2.57. The minimum atomic E-state index is -1.30. The van der Waals surface area contributed by atoms with Crippen molar-refractivity contribution in [2.45, 2.75) is 83.1 Å². The summed E-state index contributed by atoms with van der Waals surface area (Å²) < 4.78 is 12.4. The average molecular weight is 489 g/mol. The van der Waals surface area contributed by atoms with Gasteiger partial charge in [0, 0.05) is 13.1 Å². The second-order valence-electron chi connectivity index (χ2n) is 11.0. The molecule has 1 N–H and O–H groups in total. The summed E-state index contributed by atoms with van der Waals surface area (Å²) in [5.41, 5.74) is -2.39. The zero-order valence-electron chi connectivity index (χ0n) is 21.4. The standard InChI is InChI=1S/C27H40N2O6/c1-5-6-13-28-14-10-12-27-20(21-25(33)34-15-9-7-8-11-26(21,4)35-27)23(31)29(22(27)24(28)32)19(17-30)16-18(2)3/h8,10-12,18-22,30H,5-7,9,13-17H2,1-4H3/b11-8-/t19-,20+,21-,22?,26+,27+/m1/s1. The summed E-state index contributed by atoms with van der Waals surface area (Å²) in [5, 5.41) is 10.3. The summed E-state index contributed by atoms with van der Waals surface area (Å²) in [4.78, 5) is 45.1. The molecule has 0 radical (unpaired) electrons. The second-order valence-corrected chi connectivity index (χ2v) is 11.0. The number of amides is 2. The molecule has 8 nitrogen and oxygen atoms in total. The Bertz CT molecular complexity index is 900. The van der Waals surface area contributed by atoms with Crippen LogP contribution >= 0.6 is 0 Å². The van der Waals surface area contributed by atoms with E-state index >= 15 is 0 Å². The molecule has 8 heteroatoms. The Labute approximate surface area is 208 Å². The van der Waals surface area contributed by atoms with Crippen LogP contribution in [0.5, 0.6) is 0 Å². The van der Waals surface area contributed by atoms with Gasteiger partial charge in [0.25, 0.3) is 0 Å². The van der Waals surface area contributed by atoms with E-state index in [1.807, 2.05) is 45.1 Å². The Balaban J connectivity index is 1.86. The summed E-state index contributed by atoms with van der Waals surface area (Å²) in [5.74, 6) is -2.55. The Morgan fingerprint density at radius 2 is 1.91 bits per heavy atom. The second kappa shape index (κ2) is 10.1. The van der Waals surface area contributed by atoms with Crippen LogP contribution in [0.25, 0.3) is 0 Å². The number of fused-ring (bicyclic) bond motifs is 2. The lowest BCUT2D eigenvalue weighted by molar-refractivity contribution is -0.161. The SMILES string of the molecule is CCCCN1CC=C[C@]23O[C@@]4(C)/C=C\CCCOC(=O)[C@H]4[C@H]2C(=O)N([C@@H](CO)CC(C)C)C3C1=O. The van der Waals surface area contributed by atoms with Crippen molar-refractivity contribution < 1.29 is 29.0 Å². The molecular weight excluding hydrogens is 448 g/mol. The van der Waals surface area contributed by atoms with Crippen LogP contribution in [0.15, 0.2) is 24.3 Å². The number of hydrogen-bond donors (Lipinski definition) is 1. The van der Waals surface area contributed by atoms with Gasteiger partial charge >= 0.3 is 5.97 Å². The Morgan fingerprint density at radius 3 is 2.60 bits per heavy atom. The third-order valence-corrected chi connectivity index (χ3v) is 7.90. The van der Waals surface area contributed by atoms with Crippen molar-refractivity contribution in [1.29, 1.82) is 0 Å². The van der Waals surface area contributed by atoms with Gasteiger partial charge in [-0.2, -0.15) is 0 Å². The molecule has 6 atom stereocenters. The molecule has 4 aliphatic rings. The van der Waals surface area contributed by atoms with E-state index in [2.05, 4.69) is 6.92 Å². The molecule has 2 saturated heterocycles. The number of aliphatic hydroxyl groups is 1. The maximum absolute atomic E-state index is 14.2. The normalized spacial score (nSPS) is 36.6. The number of aliphatic hydroxyl groups excluding tert-OH is 1. The van der Waals surface area contributed by atoms with Crippen LogP contribution in [0.2, 0.25) is 0 Å².